The van der Waals surface area contributed by atoms with Crippen LogP contribution >= 0.6 is 0 Å². The van der Waals surface area contributed by atoms with Crippen LogP contribution in [0.25, 0.3) is 111 Å². The lowest BCUT2D eigenvalue weighted by atomic mass is 9.93. The average molecular weight is 702 g/mol. The van der Waals surface area contributed by atoms with Crippen LogP contribution in [-0.4, -0.2) is 15.0 Å². The molecule has 0 unspecified atom stereocenters. The van der Waals surface area contributed by atoms with E-state index >= 15 is 0 Å². The Morgan fingerprint density at radius 2 is 0.891 bits per heavy atom. The zero-order chi connectivity index (χ0) is 36.3. The van der Waals surface area contributed by atoms with Crippen molar-refractivity contribution in [1.29, 1.82) is 0 Å². The predicted octanol–water partition coefficient (Wildman–Crippen LogP) is 13.6. The number of hydrogen-bond donors (Lipinski definition) is 0. The number of hydrogen-bond acceptors (Lipinski definition) is 4. The van der Waals surface area contributed by atoms with Crippen molar-refractivity contribution in [2.24, 2.45) is 0 Å². The summed E-state index contributed by atoms with van der Waals surface area (Å²) in [6.45, 7) is 0. The predicted molar refractivity (Wildman–Crippen MR) is 227 cm³/mol. The summed E-state index contributed by atoms with van der Waals surface area (Å²) < 4.78 is 6.26. The molecule has 3 heterocycles. The molecular weight excluding hydrogens is 671 g/mol. The Labute approximate surface area is 317 Å². The van der Waals surface area contributed by atoms with Gasteiger partial charge in [-0.1, -0.05) is 170 Å². The molecular formula is C51H31N3O. The van der Waals surface area contributed by atoms with Crippen LogP contribution in [0.2, 0.25) is 0 Å². The maximum absolute atomic E-state index is 6.26. The molecule has 0 N–H and O–H groups in total. The van der Waals surface area contributed by atoms with Crippen molar-refractivity contribution in [2.45, 2.75) is 0 Å². The van der Waals surface area contributed by atoms with Gasteiger partial charge in [0.15, 0.2) is 5.82 Å². The van der Waals surface area contributed by atoms with Gasteiger partial charge in [0.25, 0.3) is 0 Å². The molecule has 11 aromatic rings. The van der Waals surface area contributed by atoms with Gasteiger partial charge in [-0.15, -0.1) is 0 Å². The first-order chi connectivity index (χ1) is 27.2. The second-order valence-corrected chi connectivity index (χ2v) is 14.0. The van der Waals surface area contributed by atoms with E-state index in [9.17, 15) is 0 Å². The van der Waals surface area contributed by atoms with Crippen LogP contribution in [0.15, 0.2) is 192 Å². The highest BCUT2D eigenvalue weighted by Gasteiger charge is 2.17. The lowest BCUT2D eigenvalue weighted by Crippen LogP contribution is -1.96. The number of pyridine rings is 1. The van der Waals surface area contributed by atoms with Crippen molar-refractivity contribution in [3.63, 3.8) is 0 Å². The molecule has 0 amide bonds. The average Bonchev–Trinajstić information content (AvgIpc) is 3.65. The van der Waals surface area contributed by atoms with Crippen LogP contribution < -0.4 is 0 Å². The minimum absolute atomic E-state index is 0.641. The molecule has 256 valence electrons. The summed E-state index contributed by atoms with van der Waals surface area (Å²) in [6.07, 6.45) is 0. The Hall–Kier alpha value is -7.43. The van der Waals surface area contributed by atoms with E-state index in [2.05, 4.69) is 152 Å². The van der Waals surface area contributed by atoms with Gasteiger partial charge in [-0.3, -0.25) is 0 Å². The molecule has 4 nitrogen and oxygen atoms in total. The van der Waals surface area contributed by atoms with Gasteiger partial charge in [0.05, 0.1) is 22.5 Å². The Kier molecular flexibility index (Phi) is 7.14. The first kappa shape index (κ1) is 31.1. The van der Waals surface area contributed by atoms with Crippen LogP contribution in [0, 0.1) is 0 Å². The summed E-state index contributed by atoms with van der Waals surface area (Å²) in [6, 6.07) is 65.7. The van der Waals surface area contributed by atoms with E-state index in [1.807, 2.05) is 36.4 Å². The molecule has 0 aliphatic rings. The lowest BCUT2D eigenvalue weighted by Gasteiger charge is -2.13. The first-order valence-electron chi connectivity index (χ1n) is 18.5. The summed E-state index contributed by atoms with van der Waals surface area (Å²) in [5, 5.41) is 9.34. The van der Waals surface area contributed by atoms with Crippen molar-refractivity contribution in [1.82, 2.24) is 15.0 Å². The van der Waals surface area contributed by atoms with Gasteiger partial charge in [-0.2, -0.15) is 0 Å². The Bertz CT molecular complexity index is 3240. The summed E-state index contributed by atoms with van der Waals surface area (Å²) in [4.78, 5) is 15.4. The first-order valence-corrected chi connectivity index (χ1v) is 18.5. The van der Waals surface area contributed by atoms with Crippen molar-refractivity contribution in [3.05, 3.63) is 188 Å². The molecule has 8 aromatic carbocycles. The van der Waals surface area contributed by atoms with Crippen LogP contribution in [0.3, 0.4) is 0 Å². The topological polar surface area (TPSA) is 51.8 Å². The molecule has 11 rings (SSSR count). The van der Waals surface area contributed by atoms with Gasteiger partial charge >= 0.3 is 0 Å². The van der Waals surface area contributed by atoms with Crippen molar-refractivity contribution in [3.8, 4) is 56.3 Å². The van der Waals surface area contributed by atoms with Gasteiger partial charge in [0, 0.05) is 33.0 Å². The lowest BCUT2D eigenvalue weighted by molar-refractivity contribution is 0.655. The van der Waals surface area contributed by atoms with E-state index in [0.29, 0.717) is 11.5 Å². The number of para-hydroxylation sites is 1. The van der Waals surface area contributed by atoms with Crippen LogP contribution in [0.4, 0.5) is 0 Å². The molecule has 0 atom stereocenters. The Morgan fingerprint density at radius 1 is 0.345 bits per heavy atom. The second-order valence-electron chi connectivity index (χ2n) is 14.0. The number of aromatic nitrogens is 3. The smallest absolute Gasteiger partial charge is 0.228 e. The molecule has 0 saturated carbocycles. The van der Waals surface area contributed by atoms with Crippen molar-refractivity contribution in [2.75, 3.05) is 0 Å². The molecule has 55 heavy (non-hydrogen) atoms. The number of furan rings is 1. The van der Waals surface area contributed by atoms with Crippen LogP contribution in [-0.2, 0) is 0 Å². The van der Waals surface area contributed by atoms with Crippen LogP contribution in [0.5, 0.6) is 0 Å². The van der Waals surface area contributed by atoms with Gasteiger partial charge < -0.3 is 4.42 Å². The quantitative estimate of drug-likeness (QED) is 0.168. The maximum atomic E-state index is 6.26. The molecule has 4 heteroatoms. The van der Waals surface area contributed by atoms with E-state index in [-0.39, 0.29) is 0 Å². The number of benzene rings is 8. The van der Waals surface area contributed by atoms with Gasteiger partial charge in [0.2, 0.25) is 5.71 Å². The second kappa shape index (κ2) is 12.6. The third kappa shape index (κ3) is 5.26. The highest BCUT2D eigenvalue weighted by molar-refractivity contribution is 6.20. The van der Waals surface area contributed by atoms with Gasteiger partial charge in [-0.25, -0.2) is 15.0 Å². The van der Waals surface area contributed by atoms with E-state index < -0.39 is 0 Å². The van der Waals surface area contributed by atoms with E-state index in [4.69, 9.17) is 19.4 Å². The minimum Gasteiger partial charge on any atom is -0.438 e. The molecule has 0 saturated heterocycles. The summed E-state index contributed by atoms with van der Waals surface area (Å²) in [7, 11) is 0. The third-order valence-electron chi connectivity index (χ3n) is 10.7. The minimum atomic E-state index is 0.641. The zero-order valence-corrected chi connectivity index (χ0v) is 29.6. The molecule has 0 spiro atoms. The van der Waals surface area contributed by atoms with E-state index in [1.54, 1.807) is 0 Å². The molecule has 0 fully saturated rings. The SMILES string of the molecule is c1ccc(-c2cc(-c3ccc(-c4cc5ccccc5c5ccccc45)cc3)nc(-c3ccc(-c4nc5oc6ccccc6c5c5ccccc45)cc3)n2)cc1. The fourth-order valence-electron chi connectivity index (χ4n) is 8.03. The Morgan fingerprint density at radius 3 is 1.65 bits per heavy atom. The highest BCUT2D eigenvalue weighted by atomic mass is 16.3. The number of fused-ring (bicyclic) bond motifs is 8. The third-order valence-corrected chi connectivity index (χ3v) is 10.7. The molecule has 0 bridgehead atoms. The fourth-order valence-corrected chi connectivity index (χ4v) is 8.03. The molecule has 0 aliphatic heterocycles. The van der Waals surface area contributed by atoms with E-state index in [1.165, 1.54) is 32.7 Å². The van der Waals surface area contributed by atoms with Crippen molar-refractivity contribution >= 4 is 54.4 Å². The highest BCUT2D eigenvalue weighted by Crippen LogP contribution is 2.39. The monoisotopic (exact) mass is 701 g/mol. The molecule has 3 aromatic heterocycles. The normalized spacial score (nSPS) is 11.6. The molecule has 0 radical (unpaired) electrons. The summed E-state index contributed by atoms with van der Waals surface area (Å²) in [5.41, 5.74) is 10.5. The van der Waals surface area contributed by atoms with Crippen molar-refractivity contribution < 1.29 is 4.42 Å². The standard InChI is InChI=1S/C51H31N3O/c1-2-12-33(13-3-1)45-31-46(34-24-22-32(23-25-34)44-30-37-14-4-5-15-38(37)39-16-6-7-17-40(39)44)53-50(52-45)36-28-26-35(27-29-36)49-42-19-9-8-18-41(42)48-43-20-10-11-21-47(43)55-51(48)54-49/h1-31H. The van der Waals surface area contributed by atoms with Crippen LogP contribution in [0.1, 0.15) is 0 Å². The zero-order valence-electron chi connectivity index (χ0n) is 29.6. The summed E-state index contributed by atoms with van der Waals surface area (Å²) in [5.74, 6) is 0.665. The van der Waals surface area contributed by atoms with Gasteiger partial charge in [-0.05, 0) is 56.3 Å². The summed E-state index contributed by atoms with van der Waals surface area (Å²) >= 11 is 0. The van der Waals surface area contributed by atoms with Gasteiger partial charge in [0.1, 0.15) is 5.58 Å². The fraction of sp³-hybridized carbons (Fsp3) is 0. The number of nitrogens with zero attached hydrogens (tertiary/aromatic N) is 3. The maximum Gasteiger partial charge on any atom is 0.228 e. The van der Waals surface area contributed by atoms with E-state index in [0.717, 1.165) is 66.5 Å². The number of rotatable bonds is 5. The largest absolute Gasteiger partial charge is 0.438 e. The Balaban J connectivity index is 1.00. The molecule has 0 aliphatic carbocycles.